The lowest BCUT2D eigenvalue weighted by molar-refractivity contribution is -0.0159. The van der Waals surface area contributed by atoms with Gasteiger partial charge < -0.3 is 9.47 Å². The fourth-order valence-electron chi connectivity index (χ4n) is 2.13. The molecule has 1 aromatic rings. The summed E-state index contributed by atoms with van der Waals surface area (Å²) < 4.78 is 33.6. The summed E-state index contributed by atoms with van der Waals surface area (Å²) in [4.78, 5) is 12.0. The summed E-state index contributed by atoms with van der Waals surface area (Å²) in [5, 5.41) is 0.110. The van der Waals surface area contributed by atoms with Crippen LogP contribution in [-0.2, 0) is 18.5 Å². The van der Waals surface area contributed by atoms with Crippen LogP contribution in [0.25, 0.3) is 0 Å². The highest BCUT2D eigenvalue weighted by Gasteiger charge is 2.24. The van der Waals surface area contributed by atoms with Crippen LogP contribution in [0.2, 0.25) is 5.02 Å². The molecule has 1 heterocycles. The van der Waals surface area contributed by atoms with Crippen LogP contribution >= 0.6 is 22.3 Å². The molecular weight excluding hydrogens is 339 g/mol. The number of hydrogen-bond donors (Lipinski definition) is 0. The van der Waals surface area contributed by atoms with Crippen molar-refractivity contribution >= 4 is 37.3 Å². The van der Waals surface area contributed by atoms with Gasteiger partial charge in [-0.1, -0.05) is 11.6 Å². The van der Waals surface area contributed by atoms with E-state index < -0.39 is 15.0 Å². The van der Waals surface area contributed by atoms with Gasteiger partial charge in [0.15, 0.2) is 0 Å². The average molecular weight is 353 g/mol. The van der Waals surface area contributed by atoms with Crippen molar-refractivity contribution < 1.29 is 22.7 Å². The molecule has 0 unspecified atom stereocenters. The molecule has 8 heteroatoms. The Balaban J connectivity index is 2.30. The van der Waals surface area contributed by atoms with Crippen LogP contribution in [0.15, 0.2) is 17.0 Å². The third kappa shape index (κ3) is 4.10. The molecule has 1 aliphatic rings. The maximum absolute atomic E-state index is 12.2. The highest BCUT2D eigenvalue weighted by atomic mass is 35.7. The molecule has 1 aromatic carbocycles. The molecule has 0 radical (unpaired) electrons. The largest absolute Gasteiger partial charge is 0.459 e. The average Bonchev–Trinajstić information content (AvgIpc) is 2.40. The molecule has 2 rings (SSSR count). The van der Waals surface area contributed by atoms with Crippen molar-refractivity contribution in [1.82, 2.24) is 0 Å². The summed E-state index contributed by atoms with van der Waals surface area (Å²) in [6.07, 6.45) is 0.999. The third-order valence-electron chi connectivity index (χ3n) is 3.25. The maximum atomic E-state index is 12.2. The van der Waals surface area contributed by atoms with Gasteiger partial charge in [0.25, 0.3) is 9.05 Å². The van der Waals surface area contributed by atoms with E-state index in [0.29, 0.717) is 26.1 Å². The number of rotatable bonds is 3. The number of carbonyl (C=O) groups is 1. The molecule has 0 aromatic heterocycles. The topological polar surface area (TPSA) is 69.7 Å². The van der Waals surface area contributed by atoms with E-state index in [9.17, 15) is 13.2 Å². The number of hydrogen-bond acceptors (Lipinski definition) is 5. The number of ether oxygens (including phenoxy) is 2. The molecule has 5 nitrogen and oxygen atoms in total. The van der Waals surface area contributed by atoms with E-state index in [0.717, 1.165) is 0 Å². The van der Waals surface area contributed by atoms with Crippen LogP contribution < -0.4 is 0 Å². The van der Waals surface area contributed by atoms with E-state index in [-0.39, 0.29) is 27.1 Å². The van der Waals surface area contributed by atoms with Crippen molar-refractivity contribution in [3.05, 3.63) is 28.3 Å². The van der Waals surface area contributed by atoms with Gasteiger partial charge in [-0.3, -0.25) is 0 Å². The van der Waals surface area contributed by atoms with Crippen LogP contribution in [0.4, 0.5) is 0 Å². The fourth-order valence-corrected chi connectivity index (χ4v) is 3.64. The second-order valence-electron chi connectivity index (χ2n) is 4.73. The first-order chi connectivity index (χ1) is 9.79. The predicted octanol–water partition coefficient (Wildman–Crippen LogP) is 2.91. The molecule has 0 spiro atoms. The lowest BCUT2D eigenvalue weighted by Crippen LogP contribution is -2.26. The van der Waals surface area contributed by atoms with Crippen molar-refractivity contribution in [3.63, 3.8) is 0 Å². The molecule has 0 atom stereocenters. The quantitative estimate of drug-likeness (QED) is 0.617. The fraction of sp³-hybridized carbons (Fsp3) is 0.462. The Hall–Kier alpha value is -0.820. The van der Waals surface area contributed by atoms with Crippen LogP contribution in [0.1, 0.15) is 28.8 Å². The van der Waals surface area contributed by atoms with E-state index in [1.54, 1.807) is 0 Å². The molecule has 0 bridgehead atoms. The van der Waals surface area contributed by atoms with E-state index in [2.05, 4.69) is 0 Å². The van der Waals surface area contributed by atoms with Crippen molar-refractivity contribution in [2.75, 3.05) is 13.2 Å². The molecule has 0 aliphatic carbocycles. The Bertz CT molecular complexity index is 651. The summed E-state index contributed by atoms with van der Waals surface area (Å²) >= 11 is 5.86. The molecule has 0 N–H and O–H groups in total. The Kier molecular flexibility index (Phi) is 5.14. The Morgan fingerprint density at radius 3 is 2.52 bits per heavy atom. The highest BCUT2D eigenvalue weighted by Crippen LogP contribution is 2.28. The standard InChI is InChI=1S/C13H14Cl2O5S/c1-8-11(6-9(14)7-12(8)21(15,17)18)13(16)20-10-2-4-19-5-3-10/h6-7,10H,2-5H2,1H3. The zero-order valence-electron chi connectivity index (χ0n) is 11.3. The molecular formula is C13H14Cl2O5S. The first-order valence-corrected chi connectivity index (χ1v) is 9.01. The smallest absolute Gasteiger partial charge is 0.338 e. The van der Waals surface area contributed by atoms with Gasteiger partial charge in [-0.05, 0) is 24.6 Å². The summed E-state index contributed by atoms with van der Waals surface area (Å²) in [5.41, 5.74) is 0.333. The lowest BCUT2D eigenvalue weighted by atomic mass is 10.1. The molecule has 21 heavy (non-hydrogen) atoms. The van der Waals surface area contributed by atoms with E-state index in [1.807, 2.05) is 0 Å². The van der Waals surface area contributed by atoms with Gasteiger partial charge in [0, 0.05) is 28.5 Å². The number of halogens is 2. The Labute approximate surface area is 132 Å². The number of benzene rings is 1. The van der Waals surface area contributed by atoms with Crippen molar-refractivity contribution in [3.8, 4) is 0 Å². The highest BCUT2D eigenvalue weighted by molar-refractivity contribution is 8.13. The van der Waals surface area contributed by atoms with Gasteiger partial charge in [-0.2, -0.15) is 0 Å². The molecule has 0 amide bonds. The van der Waals surface area contributed by atoms with Crippen LogP contribution in [0.5, 0.6) is 0 Å². The second-order valence-corrected chi connectivity index (χ2v) is 7.70. The van der Waals surface area contributed by atoms with Gasteiger partial charge in [0.05, 0.1) is 23.7 Å². The maximum Gasteiger partial charge on any atom is 0.338 e. The zero-order chi connectivity index (χ0) is 15.6. The Morgan fingerprint density at radius 1 is 1.33 bits per heavy atom. The number of carbonyl (C=O) groups excluding carboxylic acids is 1. The van der Waals surface area contributed by atoms with Crippen molar-refractivity contribution in [2.45, 2.75) is 30.8 Å². The van der Waals surface area contributed by atoms with Crippen molar-refractivity contribution in [2.24, 2.45) is 0 Å². The predicted molar refractivity (Wildman–Crippen MR) is 78.5 cm³/mol. The van der Waals surface area contributed by atoms with Gasteiger partial charge in [0.2, 0.25) is 0 Å². The van der Waals surface area contributed by atoms with Gasteiger partial charge in [0.1, 0.15) is 6.10 Å². The minimum Gasteiger partial charge on any atom is -0.459 e. The number of esters is 1. The van der Waals surface area contributed by atoms with Gasteiger partial charge >= 0.3 is 5.97 Å². The minimum absolute atomic E-state index is 0.105. The third-order valence-corrected chi connectivity index (χ3v) is 4.92. The van der Waals surface area contributed by atoms with Gasteiger partial charge in [-0.15, -0.1) is 0 Å². The summed E-state index contributed by atoms with van der Waals surface area (Å²) in [5.74, 6) is -0.608. The van der Waals surface area contributed by atoms with Crippen LogP contribution in [0.3, 0.4) is 0 Å². The first kappa shape index (κ1) is 16.5. The normalized spacial score (nSPS) is 16.7. The summed E-state index contributed by atoms with van der Waals surface area (Å²) in [6, 6.07) is 2.59. The van der Waals surface area contributed by atoms with Crippen LogP contribution in [-0.4, -0.2) is 33.7 Å². The zero-order valence-corrected chi connectivity index (χ0v) is 13.6. The molecule has 1 saturated heterocycles. The second kappa shape index (κ2) is 6.52. The van der Waals surface area contributed by atoms with Crippen LogP contribution in [0, 0.1) is 6.92 Å². The SMILES string of the molecule is Cc1c(C(=O)OC2CCOCC2)cc(Cl)cc1S(=O)(=O)Cl. The van der Waals surface area contributed by atoms with Gasteiger partial charge in [-0.25, -0.2) is 13.2 Å². The molecule has 116 valence electrons. The minimum atomic E-state index is -3.99. The van der Waals surface area contributed by atoms with E-state index in [1.165, 1.54) is 19.1 Å². The summed E-state index contributed by atoms with van der Waals surface area (Å²) in [7, 11) is 1.36. The lowest BCUT2D eigenvalue weighted by Gasteiger charge is -2.22. The molecule has 0 saturated carbocycles. The summed E-state index contributed by atoms with van der Waals surface area (Å²) in [6.45, 7) is 2.56. The van der Waals surface area contributed by atoms with Crippen molar-refractivity contribution in [1.29, 1.82) is 0 Å². The monoisotopic (exact) mass is 352 g/mol. The molecule has 1 aliphatic heterocycles. The van der Waals surface area contributed by atoms with E-state index in [4.69, 9.17) is 31.8 Å². The first-order valence-electron chi connectivity index (χ1n) is 6.32. The van der Waals surface area contributed by atoms with E-state index >= 15 is 0 Å². The Morgan fingerprint density at radius 2 is 1.95 bits per heavy atom. The molecule has 1 fully saturated rings.